The summed E-state index contributed by atoms with van der Waals surface area (Å²) in [6.45, 7) is 4.09. The fourth-order valence-electron chi connectivity index (χ4n) is 2.45. The molecule has 3 N–H and O–H groups in total. The molecule has 0 heterocycles. The van der Waals surface area contributed by atoms with E-state index in [1.807, 2.05) is 38.1 Å². The van der Waals surface area contributed by atoms with Crippen LogP contribution in [0.15, 0.2) is 47.4 Å². The highest BCUT2D eigenvalue weighted by Gasteiger charge is 2.20. The number of benzene rings is 2. The van der Waals surface area contributed by atoms with Gasteiger partial charge in [0.15, 0.2) is 0 Å². The van der Waals surface area contributed by atoms with Crippen LogP contribution in [-0.2, 0) is 16.4 Å². The minimum absolute atomic E-state index is 0.0915. The normalized spacial score (nSPS) is 11.4. The number of methoxy groups -OCH3 is 1. The number of amides is 1. The molecule has 2 rings (SSSR count). The second kappa shape index (κ2) is 8.88. The molecule has 0 aliphatic carbocycles. The molecule has 0 aliphatic heterocycles. The monoisotopic (exact) mass is 392 g/mol. The predicted molar refractivity (Wildman–Crippen MR) is 103 cm³/mol. The number of carbonyl (C=O) groups is 1. The summed E-state index contributed by atoms with van der Waals surface area (Å²) < 4.78 is 38.4. The Morgan fingerprint density at radius 3 is 2.37 bits per heavy atom. The van der Waals surface area contributed by atoms with Crippen LogP contribution in [0.2, 0.25) is 0 Å². The Morgan fingerprint density at radius 2 is 1.81 bits per heavy atom. The first-order chi connectivity index (χ1) is 12.7. The lowest BCUT2D eigenvalue weighted by Gasteiger charge is -2.12. The zero-order valence-electron chi connectivity index (χ0n) is 15.6. The van der Waals surface area contributed by atoms with Gasteiger partial charge in [0.2, 0.25) is 15.9 Å². The van der Waals surface area contributed by atoms with Gasteiger partial charge in [-0.3, -0.25) is 4.79 Å². The number of nitrogens with one attached hydrogen (secondary N) is 1. The third-order valence-corrected chi connectivity index (χ3v) is 5.22. The van der Waals surface area contributed by atoms with Gasteiger partial charge in [0.25, 0.3) is 0 Å². The molecule has 0 saturated carbocycles. The highest BCUT2D eigenvalue weighted by molar-refractivity contribution is 7.89. The van der Waals surface area contributed by atoms with E-state index in [2.05, 4.69) is 4.72 Å². The number of hydrogen-bond donors (Lipinski definition) is 2. The number of nitrogens with two attached hydrogens (primary N) is 1. The summed E-state index contributed by atoms with van der Waals surface area (Å²) in [7, 11) is -2.50. The van der Waals surface area contributed by atoms with Crippen LogP contribution in [-0.4, -0.2) is 34.1 Å². The molecule has 0 saturated heterocycles. The summed E-state index contributed by atoms with van der Waals surface area (Å²) in [5.41, 5.74) is 6.29. The maximum Gasteiger partial charge on any atom is 0.248 e. The number of primary amides is 1. The Balaban J connectivity index is 2.06. The number of sulfonamides is 1. The first-order valence-corrected chi connectivity index (χ1v) is 9.94. The molecule has 0 spiro atoms. The summed E-state index contributed by atoms with van der Waals surface area (Å²) in [6.07, 6.45) is 0.591. The highest BCUT2D eigenvalue weighted by Crippen LogP contribution is 2.24. The molecule has 0 radical (unpaired) electrons. The third-order valence-electron chi connectivity index (χ3n) is 3.74. The molecule has 2 aromatic rings. The molecular formula is C19H24N2O5S. The van der Waals surface area contributed by atoms with Crippen LogP contribution in [0.4, 0.5) is 0 Å². The van der Waals surface area contributed by atoms with Crippen molar-refractivity contribution in [2.75, 3.05) is 13.7 Å². The van der Waals surface area contributed by atoms with Crippen molar-refractivity contribution in [3.8, 4) is 11.5 Å². The lowest BCUT2D eigenvalue weighted by atomic mass is 10.1. The van der Waals surface area contributed by atoms with Gasteiger partial charge in [0.1, 0.15) is 16.4 Å². The molecule has 0 unspecified atom stereocenters. The van der Waals surface area contributed by atoms with Crippen molar-refractivity contribution in [1.82, 2.24) is 4.72 Å². The quantitative estimate of drug-likeness (QED) is 0.679. The van der Waals surface area contributed by atoms with Crippen LogP contribution in [0.25, 0.3) is 0 Å². The van der Waals surface area contributed by atoms with Gasteiger partial charge in [-0.25, -0.2) is 13.1 Å². The van der Waals surface area contributed by atoms with Gasteiger partial charge in [-0.05, 0) is 56.2 Å². The van der Waals surface area contributed by atoms with Crippen LogP contribution in [0.1, 0.15) is 29.8 Å². The first-order valence-electron chi connectivity index (χ1n) is 8.46. The molecule has 7 nitrogen and oxygen atoms in total. The second-order valence-corrected chi connectivity index (χ2v) is 7.92. The minimum atomic E-state index is -3.86. The summed E-state index contributed by atoms with van der Waals surface area (Å²) in [6, 6.07) is 11.5. The Hall–Kier alpha value is -2.58. The van der Waals surface area contributed by atoms with Crippen LogP contribution < -0.4 is 19.9 Å². The predicted octanol–water partition coefficient (Wildman–Crippen LogP) is 2.10. The van der Waals surface area contributed by atoms with Crippen molar-refractivity contribution < 1.29 is 22.7 Å². The zero-order chi connectivity index (χ0) is 20.0. The van der Waals surface area contributed by atoms with Crippen LogP contribution >= 0.6 is 0 Å². The van der Waals surface area contributed by atoms with Gasteiger partial charge in [0, 0.05) is 12.1 Å². The Bertz CT molecular complexity index is 893. The summed E-state index contributed by atoms with van der Waals surface area (Å²) in [5.74, 6) is 0.197. The first kappa shape index (κ1) is 20.7. The van der Waals surface area contributed by atoms with E-state index in [4.69, 9.17) is 15.2 Å². The van der Waals surface area contributed by atoms with E-state index in [1.54, 1.807) is 0 Å². The Kier molecular flexibility index (Phi) is 6.81. The molecule has 0 bridgehead atoms. The van der Waals surface area contributed by atoms with Crippen molar-refractivity contribution in [3.05, 3.63) is 53.6 Å². The third kappa shape index (κ3) is 5.70. The smallest absolute Gasteiger partial charge is 0.248 e. The van der Waals surface area contributed by atoms with E-state index in [0.29, 0.717) is 6.42 Å². The zero-order valence-corrected chi connectivity index (χ0v) is 16.4. The Morgan fingerprint density at radius 1 is 1.15 bits per heavy atom. The SMILES string of the molecule is COc1ccc(C(N)=O)cc1S(=O)(=O)NCCc1ccc(OC(C)C)cc1. The molecule has 0 fully saturated rings. The fourth-order valence-corrected chi connectivity index (χ4v) is 3.68. The van der Waals surface area contributed by atoms with Crippen LogP contribution in [0.3, 0.4) is 0 Å². The standard InChI is InChI=1S/C19H24N2O5S/c1-13(2)26-16-7-4-14(5-8-16)10-11-21-27(23,24)18-12-15(19(20)22)6-9-17(18)25-3/h4-9,12-13,21H,10-11H2,1-3H3,(H2,20,22). The van der Waals surface area contributed by atoms with Crippen molar-refractivity contribution in [3.63, 3.8) is 0 Å². The van der Waals surface area contributed by atoms with Gasteiger partial charge >= 0.3 is 0 Å². The van der Waals surface area contributed by atoms with E-state index in [1.165, 1.54) is 25.3 Å². The lowest BCUT2D eigenvalue weighted by Crippen LogP contribution is -2.27. The largest absolute Gasteiger partial charge is 0.495 e. The van der Waals surface area contributed by atoms with Crippen molar-refractivity contribution in [1.29, 1.82) is 0 Å². The lowest BCUT2D eigenvalue weighted by molar-refractivity contribution is 0.1000. The van der Waals surface area contributed by atoms with E-state index >= 15 is 0 Å². The molecule has 8 heteroatoms. The Labute approximate surface area is 159 Å². The molecule has 27 heavy (non-hydrogen) atoms. The van der Waals surface area contributed by atoms with Crippen molar-refractivity contribution >= 4 is 15.9 Å². The second-order valence-electron chi connectivity index (χ2n) is 6.19. The topological polar surface area (TPSA) is 108 Å². The molecule has 2 aromatic carbocycles. The number of ether oxygens (including phenoxy) is 2. The summed E-state index contributed by atoms with van der Waals surface area (Å²) in [5, 5.41) is 0. The molecule has 0 atom stereocenters. The molecule has 1 amide bonds. The summed E-state index contributed by atoms with van der Waals surface area (Å²) in [4.78, 5) is 11.2. The van der Waals surface area contributed by atoms with Gasteiger partial charge in [-0.2, -0.15) is 0 Å². The number of rotatable bonds is 9. The van der Waals surface area contributed by atoms with Gasteiger partial charge in [0.05, 0.1) is 13.2 Å². The highest BCUT2D eigenvalue weighted by atomic mass is 32.2. The van der Waals surface area contributed by atoms with Crippen LogP contribution in [0, 0.1) is 0 Å². The molecule has 146 valence electrons. The minimum Gasteiger partial charge on any atom is -0.495 e. The van der Waals surface area contributed by atoms with Crippen LogP contribution in [0.5, 0.6) is 11.5 Å². The van der Waals surface area contributed by atoms with Crippen molar-refractivity contribution in [2.24, 2.45) is 5.73 Å². The number of hydrogen-bond acceptors (Lipinski definition) is 5. The average Bonchev–Trinajstić information content (AvgIpc) is 2.62. The fraction of sp³-hybridized carbons (Fsp3) is 0.316. The summed E-state index contributed by atoms with van der Waals surface area (Å²) >= 11 is 0. The molecule has 0 aromatic heterocycles. The molecule has 0 aliphatic rings. The maximum absolute atomic E-state index is 12.6. The van der Waals surface area contributed by atoms with Gasteiger partial charge < -0.3 is 15.2 Å². The van der Waals surface area contributed by atoms with E-state index in [9.17, 15) is 13.2 Å². The van der Waals surface area contributed by atoms with Crippen molar-refractivity contribution in [2.45, 2.75) is 31.3 Å². The van der Waals surface area contributed by atoms with E-state index in [0.717, 1.165) is 11.3 Å². The van der Waals surface area contributed by atoms with Gasteiger partial charge in [-0.1, -0.05) is 12.1 Å². The van der Waals surface area contributed by atoms with E-state index in [-0.39, 0.29) is 28.9 Å². The maximum atomic E-state index is 12.6. The average molecular weight is 392 g/mol. The van der Waals surface area contributed by atoms with Gasteiger partial charge in [-0.15, -0.1) is 0 Å². The molecular weight excluding hydrogens is 368 g/mol. The van der Waals surface area contributed by atoms with E-state index < -0.39 is 15.9 Å². The number of carbonyl (C=O) groups excluding carboxylic acids is 1.